The largest absolute Gasteiger partial charge is 0.493 e. The third-order valence-corrected chi connectivity index (χ3v) is 4.02. The van der Waals surface area contributed by atoms with Gasteiger partial charge in [0, 0.05) is 6.54 Å². The van der Waals surface area contributed by atoms with Crippen molar-refractivity contribution in [2.24, 2.45) is 0 Å². The third-order valence-electron chi connectivity index (χ3n) is 4.02. The first-order chi connectivity index (χ1) is 9.47. The Hall–Kier alpha value is -0.730. The maximum absolute atomic E-state index is 6.05. The van der Waals surface area contributed by atoms with Gasteiger partial charge in [0.15, 0.2) is 0 Å². The van der Waals surface area contributed by atoms with Crippen LogP contribution in [0.25, 0.3) is 0 Å². The molecular weight excluding hydrogens is 282 g/mol. The summed E-state index contributed by atoms with van der Waals surface area (Å²) in [6.07, 6.45) is 3.86. The molecule has 1 aliphatic heterocycles. The van der Waals surface area contributed by atoms with Crippen LogP contribution in [0.5, 0.6) is 5.75 Å². The maximum Gasteiger partial charge on any atom is 0.123 e. The fourth-order valence-corrected chi connectivity index (χ4v) is 2.83. The minimum atomic E-state index is 0. The normalized spacial score (nSPS) is 15.8. The van der Waals surface area contributed by atoms with Crippen molar-refractivity contribution in [3.63, 3.8) is 0 Å². The second-order valence-electron chi connectivity index (χ2n) is 7.00. The van der Waals surface area contributed by atoms with Crippen molar-refractivity contribution in [3.8, 4) is 5.75 Å². The summed E-state index contributed by atoms with van der Waals surface area (Å²) < 4.78 is 6.05. The topological polar surface area (TPSA) is 12.5 Å². The Morgan fingerprint density at radius 1 is 1.14 bits per heavy atom. The molecule has 2 rings (SSSR count). The zero-order chi connectivity index (χ0) is 14.6. The van der Waals surface area contributed by atoms with Gasteiger partial charge in [-0.05, 0) is 56.3 Å². The minimum Gasteiger partial charge on any atom is -0.493 e. The summed E-state index contributed by atoms with van der Waals surface area (Å²) in [5.74, 6) is 1.06. The van der Waals surface area contributed by atoms with Crippen LogP contribution in [0.3, 0.4) is 0 Å². The number of rotatable bonds is 5. The van der Waals surface area contributed by atoms with Crippen molar-refractivity contribution in [3.05, 3.63) is 29.3 Å². The van der Waals surface area contributed by atoms with Gasteiger partial charge < -0.3 is 9.64 Å². The predicted molar refractivity (Wildman–Crippen MR) is 92.9 cm³/mol. The van der Waals surface area contributed by atoms with E-state index in [-0.39, 0.29) is 17.8 Å². The quantitative estimate of drug-likeness (QED) is 0.738. The lowest BCUT2D eigenvalue weighted by atomic mass is 9.85. The highest BCUT2D eigenvalue weighted by Crippen LogP contribution is 2.32. The van der Waals surface area contributed by atoms with E-state index in [1.807, 2.05) is 0 Å². The van der Waals surface area contributed by atoms with E-state index in [4.69, 9.17) is 4.74 Å². The molecular formula is C18H30ClNO. The average molecular weight is 312 g/mol. The van der Waals surface area contributed by atoms with Gasteiger partial charge in [-0.2, -0.15) is 0 Å². The highest BCUT2D eigenvalue weighted by molar-refractivity contribution is 5.85. The van der Waals surface area contributed by atoms with Crippen molar-refractivity contribution >= 4 is 12.4 Å². The van der Waals surface area contributed by atoms with Crippen LogP contribution in [0.2, 0.25) is 0 Å². The second-order valence-corrected chi connectivity index (χ2v) is 7.00. The van der Waals surface area contributed by atoms with E-state index < -0.39 is 0 Å². The summed E-state index contributed by atoms with van der Waals surface area (Å²) in [6.45, 7) is 13.4. The molecule has 0 aliphatic carbocycles. The van der Waals surface area contributed by atoms with Crippen LogP contribution < -0.4 is 4.74 Å². The van der Waals surface area contributed by atoms with E-state index in [1.54, 1.807) is 0 Å². The summed E-state index contributed by atoms with van der Waals surface area (Å²) in [6, 6.07) is 6.53. The van der Waals surface area contributed by atoms with Gasteiger partial charge in [0.05, 0.1) is 6.61 Å². The molecule has 1 aromatic rings. The standard InChI is InChI=1S/C18H29NO.ClH/c1-15-8-9-17(16(14-15)18(2,3)4)20-13-7-12-19-10-5-6-11-19;/h8-9,14H,5-7,10-13H2,1-4H3;1H. The van der Waals surface area contributed by atoms with Gasteiger partial charge in [0.1, 0.15) is 5.75 Å². The summed E-state index contributed by atoms with van der Waals surface area (Å²) in [5.41, 5.74) is 2.76. The zero-order valence-corrected chi connectivity index (χ0v) is 14.8. The number of benzene rings is 1. The van der Waals surface area contributed by atoms with E-state index in [0.717, 1.165) is 18.8 Å². The number of nitrogens with zero attached hydrogens (tertiary/aromatic N) is 1. The van der Waals surface area contributed by atoms with Crippen LogP contribution in [0, 0.1) is 6.92 Å². The molecule has 0 aromatic heterocycles. The number of hydrogen-bond acceptors (Lipinski definition) is 2. The third kappa shape index (κ3) is 5.52. The summed E-state index contributed by atoms with van der Waals surface area (Å²) in [4.78, 5) is 2.54. The molecule has 0 radical (unpaired) electrons. The fraction of sp³-hybridized carbons (Fsp3) is 0.667. The average Bonchev–Trinajstić information content (AvgIpc) is 2.88. The first-order valence-corrected chi connectivity index (χ1v) is 7.93. The molecule has 1 fully saturated rings. The number of hydrogen-bond donors (Lipinski definition) is 0. The molecule has 120 valence electrons. The van der Waals surface area contributed by atoms with Gasteiger partial charge in [0.25, 0.3) is 0 Å². The van der Waals surface area contributed by atoms with Gasteiger partial charge in [-0.25, -0.2) is 0 Å². The molecule has 21 heavy (non-hydrogen) atoms. The highest BCUT2D eigenvalue weighted by Gasteiger charge is 2.19. The molecule has 1 aromatic carbocycles. The monoisotopic (exact) mass is 311 g/mol. The zero-order valence-electron chi connectivity index (χ0n) is 13.9. The van der Waals surface area contributed by atoms with Crippen LogP contribution >= 0.6 is 12.4 Å². The first kappa shape index (κ1) is 18.3. The van der Waals surface area contributed by atoms with Crippen molar-refractivity contribution in [1.29, 1.82) is 0 Å². The Morgan fingerprint density at radius 2 is 1.81 bits per heavy atom. The van der Waals surface area contributed by atoms with Crippen LogP contribution in [-0.2, 0) is 5.41 Å². The lowest BCUT2D eigenvalue weighted by molar-refractivity contribution is 0.259. The van der Waals surface area contributed by atoms with E-state index in [0.29, 0.717) is 0 Å². The lowest BCUT2D eigenvalue weighted by Gasteiger charge is -2.23. The summed E-state index contributed by atoms with van der Waals surface area (Å²) in [7, 11) is 0. The predicted octanol–water partition coefficient (Wildman–Crippen LogP) is 4.58. The van der Waals surface area contributed by atoms with E-state index in [9.17, 15) is 0 Å². The van der Waals surface area contributed by atoms with Gasteiger partial charge >= 0.3 is 0 Å². The molecule has 0 N–H and O–H groups in total. The Labute approximate surface area is 136 Å². The Bertz CT molecular complexity index is 433. The highest BCUT2D eigenvalue weighted by atomic mass is 35.5. The molecule has 0 atom stereocenters. The number of likely N-dealkylation sites (tertiary alicyclic amines) is 1. The molecule has 0 unspecified atom stereocenters. The molecule has 0 amide bonds. The van der Waals surface area contributed by atoms with Crippen LogP contribution in [0.4, 0.5) is 0 Å². The number of aryl methyl sites for hydroxylation is 1. The smallest absolute Gasteiger partial charge is 0.123 e. The second kappa shape index (κ2) is 8.05. The van der Waals surface area contributed by atoms with Gasteiger partial charge in [-0.3, -0.25) is 0 Å². The van der Waals surface area contributed by atoms with E-state index in [1.165, 1.54) is 43.6 Å². The van der Waals surface area contributed by atoms with Crippen LogP contribution in [0.1, 0.15) is 51.2 Å². The molecule has 1 saturated heterocycles. The minimum absolute atomic E-state index is 0. The van der Waals surface area contributed by atoms with Crippen molar-refractivity contribution in [2.75, 3.05) is 26.2 Å². The van der Waals surface area contributed by atoms with Crippen molar-refractivity contribution in [1.82, 2.24) is 4.90 Å². The Morgan fingerprint density at radius 3 is 2.43 bits per heavy atom. The summed E-state index contributed by atoms with van der Waals surface area (Å²) >= 11 is 0. The molecule has 3 heteroatoms. The molecule has 1 heterocycles. The van der Waals surface area contributed by atoms with Gasteiger partial charge in [-0.1, -0.05) is 38.5 Å². The number of halogens is 1. The first-order valence-electron chi connectivity index (χ1n) is 7.93. The van der Waals surface area contributed by atoms with Crippen LogP contribution in [0.15, 0.2) is 18.2 Å². The van der Waals surface area contributed by atoms with Crippen molar-refractivity contribution < 1.29 is 4.74 Å². The Kier molecular flexibility index (Phi) is 7.02. The summed E-state index contributed by atoms with van der Waals surface area (Å²) in [5, 5.41) is 0. The Balaban J connectivity index is 0.00000220. The van der Waals surface area contributed by atoms with E-state index in [2.05, 4.69) is 50.8 Å². The number of ether oxygens (including phenoxy) is 1. The van der Waals surface area contributed by atoms with Crippen LogP contribution in [-0.4, -0.2) is 31.1 Å². The molecule has 2 nitrogen and oxygen atoms in total. The SMILES string of the molecule is Cc1ccc(OCCCN2CCCC2)c(C(C)(C)C)c1.Cl. The van der Waals surface area contributed by atoms with E-state index >= 15 is 0 Å². The molecule has 1 aliphatic rings. The lowest BCUT2D eigenvalue weighted by Crippen LogP contribution is -2.22. The maximum atomic E-state index is 6.05. The molecule has 0 bridgehead atoms. The molecule has 0 spiro atoms. The molecule has 0 saturated carbocycles. The van der Waals surface area contributed by atoms with Crippen molar-refractivity contribution in [2.45, 2.75) is 52.4 Å². The van der Waals surface area contributed by atoms with Gasteiger partial charge in [0.2, 0.25) is 0 Å². The fourth-order valence-electron chi connectivity index (χ4n) is 2.83. The van der Waals surface area contributed by atoms with Gasteiger partial charge in [-0.15, -0.1) is 12.4 Å².